The molecule has 1 aromatic heterocycles. The van der Waals surface area contributed by atoms with E-state index in [2.05, 4.69) is 4.98 Å². The summed E-state index contributed by atoms with van der Waals surface area (Å²) < 4.78 is 75.4. The third kappa shape index (κ3) is 3.67. The highest BCUT2D eigenvalue weighted by atomic mass is 19.4. The van der Waals surface area contributed by atoms with Crippen LogP contribution in [0.2, 0.25) is 0 Å². The van der Waals surface area contributed by atoms with Gasteiger partial charge in [-0.3, -0.25) is 0 Å². The van der Waals surface area contributed by atoms with Crippen LogP contribution >= 0.6 is 0 Å². The fourth-order valence-electron chi connectivity index (χ4n) is 1.82. The summed E-state index contributed by atoms with van der Waals surface area (Å²) in [5, 5.41) is 0. The summed E-state index contributed by atoms with van der Waals surface area (Å²) in [5.41, 5.74) is 4.16. The Balaban J connectivity index is 2.36. The van der Waals surface area contributed by atoms with Crippen molar-refractivity contribution in [3.05, 3.63) is 17.7 Å². The molecule has 0 radical (unpaired) electrons. The average Bonchev–Trinajstić information content (AvgIpc) is 3.06. The highest BCUT2D eigenvalue weighted by Crippen LogP contribution is 2.37. The number of pyridine rings is 1. The maximum atomic E-state index is 12.6. The van der Waals surface area contributed by atoms with Crippen molar-refractivity contribution in [1.82, 2.24) is 4.98 Å². The first-order valence-electron chi connectivity index (χ1n) is 5.74. The van der Waals surface area contributed by atoms with Crippen LogP contribution in [0.3, 0.4) is 0 Å². The number of aromatic nitrogens is 1. The van der Waals surface area contributed by atoms with Crippen molar-refractivity contribution in [2.75, 3.05) is 17.2 Å². The minimum absolute atomic E-state index is 0.392. The van der Waals surface area contributed by atoms with Gasteiger partial charge in [-0.2, -0.15) is 26.3 Å². The molecule has 1 aliphatic carbocycles. The predicted octanol–water partition coefficient (Wildman–Crippen LogP) is 3.21. The van der Waals surface area contributed by atoms with Gasteiger partial charge in [0.25, 0.3) is 0 Å². The molecule has 1 fully saturated rings. The van der Waals surface area contributed by atoms with Gasteiger partial charge >= 0.3 is 12.4 Å². The summed E-state index contributed by atoms with van der Waals surface area (Å²) >= 11 is 0. The first-order chi connectivity index (χ1) is 9.06. The first-order valence-corrected chi connectivity index (χ1v) is 5.74. The molecule has 2 rings (SSSR count). The summed E-state index contributed by atoms with van der Waals surface area (Å²) in [5.74, 6) is -0.847. The monoisotopic (exact) mass is 299 g/mol. The van der Waals surface area contributed by atoms with Crippen LogP contribution in [0.15, 0.2) is 12.1 Å². The molecule has 1 aromatic rings. The molecule has 9 heteroatoms. The summed E-state index contributed by atoms with van der Waals surface area (Å²) in [6.07, 6.45) is -8.21. The van der Waals surface area contributed by atoms with Crippen LogP contribution in [-0.2, 0) is 6.18 Å². The van der Waals surface area contributed by atoms with E-state index in [9.17, 15) is 26.3 Å². The molecule has 3 nitrogen and oxygen atoms in total. The molecule has 0 saturated heterocycles. The SMILES string of the molecule is Nc1cc(C(F)(F)F)cc(N(CC(F)(F)F)C2CC2)n1. The smallest absolute Gasteiger partial charge is 0.384 e. The lowest BCUT2D eigenvalue weighted by atomic mass is 10.2. The molecule has 1 saturated carbocycles. The quantitative estimate of drug-likeness (QED) is 0.871. The van der Waals surface area contributed by atoms with Crippen LogP contribution in [0.1, 0.15) is 18.4 Å². The van der Waals surface area contributed by atoms with Crippen molar-refractivity contribution in [2.45, 2.75) is 31.2 Å². The molecule has 0 atom stereocenters. The summed E-state index contributed by atoms with van der Waals surface area (Å²) in [7, 11) is 0. The second-order valence-electron chi connectivity index (χ2n) is 4.61. The average molecular weight is 299 g/mol. The number of nitrogen functional groups attached to an aromatic ring is 1. The van der Waals surface area contributed by atoms with Gasteiger partial charge in [-0.1, -0.05) is 0 Å². The summed E-state index contributed by atoms with van der Waals surface area (Å²) in [6.45, 7) is -1.34. The lowest BCUT2D eigenvalue weighted by Crippen LogP contribution is -2.36. The predicted molar refractivity (Wildman–Crippen MR) is 60.1 cm³/mol. The molecule has 0 spiro atoms. The van der Waals surface area contributed by atoms with Gasteiger partial charge < -0.3 is 10.6 Å². The van der Waals surface area contributed by atoms with E-state index in [4.69, 9.17) is 5.73 Å². The van der Waals surface area contributed by atoms with Crippen molar-refractivity contribution in [2.24, 2.45) is 0 Å². The van der Waals surface area contributed by atoms with E-state index in [1.165, 1.54) is 0 Å². The van der Waals surface area contributed by atoms with E-state index >= 15 is 0 Å². The zero-order valence-electron chi connectivity index (χ0n) is 10.1. The van der Waals surface area contributed by atoms with E-state index < -0.39 is 42.1 Å². The van der Waals surface area contributed by atoms with Crippen LogP contribution in [0.4, 0.5) is 38.0 Å². The molecule has 20 heavy (non-hydrogen) atoms. The topological polar surface area (TPSA) is 42.1 Å². The van der Waals surface area contributed by atoms with E-state index in [1.807, 2.05) is 0 Å². The van der Waals surface area contributed by atoms with Crippen molar-refractivity contribution in [3.8, 4) is 0 Å². The van der Waals surface area contributed by atoms with Gasteiger partial charge in [0.2, 0.25) is 0 Å². The number of anilines is 2. The van der Waals surface area contributed by atoms with Gasteiger partial charge in [0.1, 0.15) is 18.2 Å². The largest absolute Gasteiger partial charge is 0.416 e. The number of nitrogens with two attached hydrogens (primary N) is 1. The third-order valence-corrected chi connectivity index (χ3v) is 2.79. The van der Waals surface area contributed by atoms with E-state index in [1.54, 1.807) is 0 Å². The molecule has 1 aliphatic rings. The van der Waals surface area contributed by atoms with Gasteiger partial charge in [-0.25, -0.2) is 4.98 Å². The molecular weight excluding hydrogens is 288 g/mol. The Morgan fingerprint density at radius 2 is 1.75 bits per heavy atom. The number of rotatable bonds is 3. The van der Waals surface area contributed by atoms with Gasteiger partial charge in [0.15, 0.2) is 0 Å². The lowest BCUT2D eigenvalue weighted by Gasteiger charge is -2.25. The Hall–Kier alpha value is -1.67. The molecule has 1 heterocycles. The molecule has 0 aliphatic heterocycles. The minimum Gasteiger partial charge on any atom is -0.384 e. The third-order valence-electron chi connectivity index (χ3n) is 2.79. The van der Waals surface area contributed by atoms with Crippen LogP contribution < -0.4 is 10.6 Å². The maximum Gasteiger partial charge on any atom is 0.416 e. The van der Waals surface area contributed by atoms with Gasteiger partial charge in [0.05, 0.1) is 5.56 Å². The lowest BCUT2D eigenvalue weighted by molar-refractivity contribution is -0.137. The second kappa shape index (κ2) is 4.71. The van der Waals surface area contributed by atoms with Crippen molar-refractivity contribution in [1.29, 1.82) is 0 Å². The number of hydrogen-bond acceptors (Lipinski definition) is 3. The molecule has 0 amide bonds. The van der Waals surface area contributed by atoms with Crippen molar-refractivity contribution in [3.63, 3.8) is 0 Å². The Morgan fingerprint density at radius 1 is 1.15 bits per heavy atom. The van der Waals surface area contributed by atoms with Crippen LogP contribution in [0, 0.1) is 0 Å². The van der Waals surface area contributed by atoms with Gasteiger partial charge in [-0.15, -0.1) is 0 Å². The number of halogens is 6. The van der Waals surface area contributed by atoms with E-state index in [-0.39, 0.29) is 0 Å². The first kappa shape index (κ1) is 14.7. The van der Waals surface area contributed by atoms with Gasteiger partial charge in [0, 0.05) is 6.04 Å². The normalized spacial score (nSPS) is 16.3. The van der Waals surface area contributed by atoms with E-state index in [0.717, 1.165) is 4.90 Å². The molecule has 112 valence electrons. The van der Waals surface area contributed by atoms with Crippen molar-refractivity contribution < 1.29 is 26.3 Å². The number of hydrogen-bond donors (Lipinski definition) is 1. The standard InChI is InChI=1S/C11H11F6N3/c12-10(13,14)5-20(7-1-2-7)9-4-6(11(15,16)17)3-8(18)19-9/h3-4,7H,1-2,5H2,(H2,18,19). The van der Waals surface area contributed by atoms with Crippen LogP contribution in [0.5, 0.6) is 0 Å². The molecule has 0 aromatic carbocycles. The van der Waals surface area contributed by atoms with Gasteiger partial charge in [-0.05, 0) is 25.0 Å². The molecular formula is C11H11F6N3. The second-order valence-corrected chi connectivity index (χ2v) is 4.61. The maximum absolute atomic E-state index is 12.6. The molecule has 0 bridgehead atoms. The fraction of sp³-hybridized carbons (Fsp3) is 0.545. The number of alkyl halides is 6. The van der Waals surface area contributed by atoms with E-state index in [0.29, 0.717) is 25.0 Å². The number of nitrogens with zero attached hydrogens (tertiary/aromatic N) is 2. The Bertz CT molecular complexity index is 492. The fourth-order valence-corrected chi connectivity index (χ4v) is 1.82. The zero-order chi connectivity index (χ0) is 15.1. The Labute approximate surface area is 110 Å². The highest BCUT2D eigenvalue weighted by Gasteiger charge is 2.40. The zero-order valence-corrected chi connectivity index (χ0v) is 10.1. The Morgan fingerprint density at radius 3 is 2.20 bits per heavy atom. The van der Waals surface area contributed by atoms with Crippen LogP contribution in [-0.4, -0.2) is 23.7 Å². The molecule has 2 N–H and O–H groups in total. The summed E-state index contributed by atoms with van der Waals surface area (Å²) in [4.78, 5) is 4.42. The minimum atomic E-state index is -4.68. The Kier molecular flexibility index (Phi) is 3.47. The molecule has 0 unspecified atom stereocenters. The van der Waals surface area contributed by atoms with Crippen molar-refractivity contribution >= 4 is 11.6 Å². The van der Waals surface area contributed by atoms with Crippen LogP contribution in [0.25, 0.3) is 0 Å². The highest BCUT2D eigenvalue weighted by molar-refractivity contribution is 5.51. The summed E-state index contributed by atoms with van der Waals surface area (Å²) in [6, 6.07) is 0.759.